The Morgan fingerprint density at radius 3 is 2.54 bits per heavy atom. The van der Waals surface area contributed by atoms with Gasteiger partial charge in [-0.3, -0.25) is 0 Å². The average Bonchev–Trinajstić information content (AvgIpc) is 3.14. The van der Waals surface area contributed by atoms with Gasteiger partial charge in [-0.05, 0) is 36.2 Å². The highest BCUT2D eigenvalue weighted by atomic mass is 19.1. The molecule has 1 heterocycles. The minimum atomic E-state index is -0.432. The van der Waals surface area contributed by atoms with Gasteiger partial charge < -0.3 is 14.8 Å². The average molecular weight is 379 g/mol. The van der Waals surface area contributed by atoms with E-state index in [1.165, 1.54) is 11.6 Å². The van der Waals surface area contributed by atoms with Crippen LogP contribution in [0.1, 0.15) is 31.0 Å². The molecular formula is C23H26FN3O. The van der Waals surface area contributed by atoms with Crippen LogP contribution in [0.15, 0.2) is 72.9 Å². The normalized spacial score (nSPS) is 10.6. The van der Waals surface area contributed by atoms with E-state index in [9.17, 15) is 9.18 Å². The Labute approximate surface area is 165 Å². The van der Waals surface area contributed by atoms with E-state index in [0.29, 0.717) is 13.1 Å². The molecule has 3 aromatic rings. The fourth-order valence-corrected chi connectivity index (χ4v) is 3.08. The molecule has 0 aliphatic heterocycles. The number of nitrogens with zero attached hydrogens (tertiary/aromatic N) is 2. The first kappa shape index (κ1) is 19.7. The van der Waals surface area contributed by atoms with E-state index >= 15 is 0 Å². The molecule has 0 fully saturated rings. The number of carbonyl (C=O) groups is 1. The zero-order chi connectivity index (χ0) is 19.8. The number of urea groups is 1. The highest BCUT2D eigenvalue weighted by Crippen LogP contribution is 2.16. The SMILES string of the molecule is CCCCN(Cc1cccn1Cc1ccccc1)C(=O)Nc1ccccc1F. The van der Waals surface area contributed by atoms with Crippen LogP contribution in [0, 0.1) is 5.82 Å². The lowest BCUT2D eigenvalue weighted by molar-refractivity contribution is 0.206. The van der Waals surface area contributed by atoms with Gasteiger partial charge in [0, 0.05) is 25.0 Å². The first-order chi connectivity index (χ1) is 13.7. The Bertz CT molecular complexity index is 892. The summed E-state index contributed by atoms with van der Waals surface area (Å²) in [5, 5.41) is 2.70. The van der Waals surface area contributed by atoms with Crippen LogP contribution in [0.5, 0.6) is 0 Å². The molecule has 1 aromatic heterocycles. The second-order valence-corrected chi connectivity index (χ2v) is 6.80. The molecule has 3 rings (SSSR count). The quantitative estimate of drug-likeness (QED) is 0.550. The van der Waals surface area contributed by atoms with Gasteiger partial charge in [-0.2, -0.15) is 0 Å². The molecule has 0 bridgehead atoms. The van der Waals surface area contributed by atoms with Crippen molar-refractivity contribution in [3.8, 4) is 0 Å². The van der Waals surface area contributed by atoms with E-state index in [1.807, 2.05) is 36.5 Å². The summed E-state index contributed by atoms with van der Waals surface area (Å²) in [5.41, 5.74) is 2.45. The number of amides is 2. The minimum Gasteiger partial charge on any atom is -0.345 e. The highest BCUT2D eigenvalue weighted by molar-refractivity contribution is 5.89. The summed E-state index contributed by atoms with van der Waals surface area (Å²) in [5.74, 6) is -0.432. The number of aromatic nitrogens is 1. The monoisotopic (exact) mass is 379 g/mol. The summed E-state index contributed by atoms with van der Waals surface area (Å²) in [4.78, 5) is 14.5. The Morgan fingerprint density at radius 2 is 1.79 bits per heavy atom. The molecule has 0 atom stereocenters. The number of benzene rings is 2. The van der Waals surface area contributed by atoms with Gasteiger partial charge >= 0.3 is 6.03 Å². The fourth-order valence-electron chi connectivity index (χ4n) is 3.08. The summed E-state index contributed by atoms with van der Waals surface area (Å²) < 4.78 is 16.1. The van der Waals surface area contributed by atoms with E-state index < -0.39 is 5.82 Å². The smallest absolute Gasteiger partial charge is 0.322 e. The second-order valence-electron chi connectivity index (χ2n) is 6.80. The Morgan fingerprint density at radius 1 is 1.04 bits per heavy atom. The lowest BCUT2D eigenvalue weighted by Crippen LogP contribution is -2.36. The molecule has 2 amide bonds. The highest BCUT2D eigenvalue weighted by Gasteiger charge is 2.17. The number of hydrogen-bond acceptors (Lipinski definition) is 1. The lowest BCUT2D eigenvalue weighted by atomic mass is 10.2. The van der Waals surface area contributed by atoms with Crippen LogP contribution in [-0.2, 0) is 13.1 Å². The standard InChI is InChI=1S/C23H26FN3O/c1-2-3-15-27(23(28)25-22-14-8-7-13-21(22)24)18-20-12-9-16-26(20)17-19-10-5-4-6-11-19/h4-14,16H,2-3,15,17-18H2,1H3,(H,25,28). The minimum absolute atomic E-state index is 0.202. The van der Waals surface area contributed by atoms with Gasteiger partial charge in [0.05, 0.1) is 12.2 Å². The van der Waals surface area contributed by atoms with Gasteiger partial charge in [0.1, 0.15) is 5.82 Å². The largest absolute Gasteiger partial charge is 0.345 e. The Kier molecular flexibility index (Phi) is 6.84. The van der Waals surface area contributed by atoms with Crippen molar-refractivity contribution in [1.82, 2.24) is 9.47 Å². The van der Waals surface area contributed by atoms with Crippen molar-refractivity contribution in [1.29, 1.82) is 0 Å². The van der Waals surface area contributed by atoms with E-state index in [-0.39, 0.29) is 11.7 Å². The molecule has 5 heteroatoms. The van der Waals surface area contributed by atoms with Crippen LogP contribution >= 0.6 is 0 Å². The van der Waals surface area contributed by atoms with Gasteiger partial charge in [-0.15, -0.1) is 0 Å². The van der Waals surface area contributed by atoms with Crippen LogP contribution in [0.2, 0.25) is 0 Å². The molecule has 0 aliphatic rings. The predicted molar refractivity (Wildman–Crippen MR) is 111 cm³/mol. The van der Waals surface area contributed by atoms with Crippen molar-refractivity contribution < 1.29 is 9.18 Å². The first-order valence-electron chi connectivity index (χ1n) is 9.65. The molecule has 0 spiro atoms. The number of carbonyl (C=O) groups excluding carboxylic acids is 1. The van der Waals surface area contributed by atoms with Gasteiger partial charge in [-0.25, -0.2) is 9.18 Å². The van der Waals surface area contributed by atoms with Gasteiger partial charge in [0.2, 0.25) is 0 Å². The summed E-state index contributed by atoms with van der Waals surface area (Å²) in [7, 11) is 0. The summed E-state index contributed by atoms with van der Waals surface area (Å²) >= 11 is 0. The molecular weight excluding hydrogens is 353 g/mol. The second kappa shape index (κ2) is 9.74. The summed E-state index contributed by atoms with van der Waals surface area (Å²) in [6, 6.07) is 20.2. The molecule has 1 N–H and O–H groups in total. The van der Waals surface area contributed by atoms with Crippen LogP contribution in [0.25, 0.3) is 0 Å². The maximum atomic E-state index is 13.9. The Hall–Kier alpha value is -3.08. The van der Waals surface area contributed by atoms with Crippen molar-refractivity contribution in [2.75, 3.05) is 11.9 Å². The van der Waals surface area contributed by atoms with Crippen LogP contribution < -0.4 is 5.32 Å². The number of nitrogens with one attached hydrogen (secondary N) is 1. The van der Waals surface area contributed by atoms with E-state index in [1.54, 1.807) is 23.1 Å². The first-order valence-corrected chi connectivity index (χ1v) is 9.65. The molecule has 4 nitrogen and oxygen atoms in total. The number of para-hydroxylation sites is 1. The maximum Gasteiger partial charge on any atom is 0.322 e. The molecule has 0 unspecified atom stereocenters. The molecule has 0 saturated carbocycles. The summed E-state index contributed by atoms with van der Waals surface area (Å²) in [6.07, 6.45) is 3.90. The third kappa shape index (κ3) is 5.22. The van der Waals surface area contributed by atoms with Crippen LogP contribution in [0.4, 0.5) is 14.9 Å². The Balaban J connectivity index is 1.73. The number of rotatable bonds is 8. The van der Waals surface area contributed by atoms with E-state index in [4.69, 9.17) is 0 Å². The number of halogens is 1. The lowest BCUT2D eigenvalue weighted by Gasteiger charge is -2.24. The topological polar surface area (TPSA) is 37.3 Å². The summed E-state index contributed by atoms with van der Waals surface area (Å²) in [6.45, 7) is 3.93. The van der Waals surface area contributed by atoms with E-state index in [2.05, 4.69) is 28.9 Å². The zero-order valence-corrected chi connectivity index (χ0v) is 16.1. The van der Waals surface area contributed by atoms with Crippen molar-refractivity contribution in [3.63, 3.8) is 0 Å². The molecule has 0 aliphatic carbocycles. The molecule has 146 valence electrons. The molecule has 28 heavy (non-hydrogen) atoms. The third-order valence-corrected chi connectivity index (χ3v) is 4.66. The third-order valence-electron chi connectivity index (χ3n) is 4.66. The van der Waals surface area contributed by atoms with Gasteiger partial charge in [0.25, 0.3) is 0 Å². The molecule has 0 radical (unpaired) electrons. The van der Waals surface area contributed by atoms with Gasteiger partial charge in [-0.1, -0.05) is 55.8 Å². The molecule has 0 saturated heterocycles. The van der Waals surface area contributed by atoms with E-state index in [0.717, 1.165) is 25.1 Å². The maximum absolute atomic E-state index is 13.9. The van der Waals surface area contributed by atoms with Crippen molar-refractivity contribution in [2.24, 2.45) is 0 Å². The predicted octanol–water partition coefficient (Wildman–Crippen LogP) is 5.51. The van der Waals surface area contributed by atoms with Gasteiger partial charge in [0.15, 0.2) is 0 Å². The zero-order valence-electron chi connectivity index (χ0n) is 16.1. The number of hydrogen-bond donors (Lipinski definition) is 1. The fraction of sp³-hybridized carbons (Fsp3) is 0.261. The molecule has 2 aromatic carbocycles. The number of unbranched alkanes of at least 4 members (excludes halogenated alkanes) is 1. The van der Waals surface area contributed by atoms with Crippen molar-refractivity contribution >= 4 is 11.7 Å². The number of anilines is 1. The van der Waals surface area contributed by atoms with Crippen molar-refractivity contribution in [2.45, 2.75) is 32.9 Å². The van der Waals surface area contributed by atoms with Crippen LogP contribution in [-0.4, -0.2) is 22.0 Å². The van der Waals surface area contributed by atoms with Crippen LogP contribution in [0.3, 0.4) is 0 Å². The van der Waals surface area contributed by atoms with Crippen molar-refractivity contribution in [3.05, 3.63) is 90.0 Å².